The summed E-state index contributed by atoms with van der Waals surface area (Å²) in [5.41, 5.74) is 2.42. The van der Waals surface area contributed by atoms with Crippen LogP contribution in [0.15, 0.2) is 76.0 Å². The van der Waals surface area contributed by atoms with Crippen molar-refractivity contribution in [3.63, 3.8) is 0 Å². The smallest absolute Gasteiger partial charge is 0.271 e. The summed E-state index contributed by atoms with van der Waals surface area (Å²) in [5, 5.41) is 5.43. The molecule has 33 heavy (non-hydrogen) atoms. The maximum absolute atomic E-state index is 13.3. The molecule has 0 bridgehead atoms. The topological polar surface area (TPSA) is 74.1 Å². The zero-order valence-electron chi connectivity index (χ0n) is 17.4. The number of halogens is 1. The van der Waals surface area contributed by atoms with E-state index in [1.165, 1.54) is 23.9 Å². The molecule has 2 amide bonds. The van der Waals surface area contributed by atoms with Crippen molar-refractivity contribution in [3.05, 3.63) is 87.9 Å². The minimum Gasteiger partial charge on any atom is -0.351 e. The molecule has 1 aromatic heterocycles. The van der Waals surface area contributed by atoms with Crippen LogP contribution >= 0.6 is 23.1 Å². The number of carbonyl (C=O) groups excluding carboxylic acids is 2. The van der Waals surface area contributed by atoms with Crippen molar-refractivity contribution in [2.24, 2.45) is 9.98 Å². The summed E-state index contributed by atoms with van der Waals surface area (Å²) in [4.78, 5) is 37.4. The van der Waals surface area contributed by atoms with Crippen LogP contribution in [0.25, 0.3) is 0 Å². The number of thiophene rings is 1. The number of carbonyl (C=O) groups is 2. The molecule has 1 N–H and O–H groups in total. The van der Waals surface area contributed by atoms with Gasteiger partial charge in [0.15, 0.2) is 5.17 Å². The predicted octanol–water partition coefficient (Wildman–Crippen LogP) is 4.49. The molecular weight excluding hydrogens is 459 g/mol. The molecule has 3 aromatic rings. The number of amidine groups is 2. The highest BCUT2D eigenvalue weighted by Crippen LogP contribution is 2.35. The van der Waals surface area contributed by atoms with Gasteiger partial charge in [-0.25, -0.2) is 9.38 Å². The van der Waals surface area contributed by atoms with Crippen molar-refractivity contribution >= 4 is 51.6 Å². The fraction of sp³-hybridized carbons (Fsp3) is 0.167. The Hall–Kier alpha value is -3.30. The molecule has 166 valence electrons. The van der Waals surface area contributed by atoms with Gasteiger partial charge in [0.2, 0.25) is 5.91 Å². The van der Waals surface area contributed by atoms with Crippen molar-refractivity contribution in [1.29, 1.82) is 0 Å². The molecule has 5 rings (SSSR count). The van der Waals surface area contributed by atoms with Crippen molar-refractivity contribution < 1.29 is 14.0 Å². The van der Waals surface area contributed by atoms with Gasteiger partial charge in [0.1, 0.15) is 17.7 Å². The lowest BCUT2D eigenvalue weighted by atomic mass is 10.1. The summed E-state index contributed by atoms with van der Waals surface area (Å²) in [5.74, 6) is 0.184. The minimum absolute atomic E-state index is 0.0183. The first-order valence-corrected chi connectivity index (χ1v) is 12.2. The van der Waals surface area contributed by atoms with Crippen LogP contribution in [-0.2, 0) is 21.9 Å². The standard InChI is InChI=1S/C24H19FN4O2S2/c25-16-9-7-15(8-10-16)14-33-24-27-19-6-2-1-5-18(19)22-28-23(31)20(29(22)24)12-21(30)26-13-17-4-3-11-32-17/h1-11,20H,12-14H2,(H,26,30). The SMILES string of the molecule is O=C(CC1C(=O)N=C2c3ccccc3N=C(SCc3ccc(F)cc3)N21)NCc1cccs1. The highest BCUT2D eigenvalue weighted by molar-refractivity contribution is 8.13. The number of nitrogens with zero attached hydrogens (tertiary/aromatic N) is 3. The molecule has 3 heterocycles. The van der Waals surface area contributed by atoms with Crippen LogP contribution in [0.4, 0.5) is 10.1 Å². The predicted molar refractivity (Wildman–Crippen MR) is 129 cm³/mol. The van der Waals surface area contributed by atoms with Gasteiger partial charge in [0.25, 0.3) is 5.91 Å². The maximum Gasteiger partial charge on any atom is 0.271 e. The molecular formula is C24H19FN4O2S2. The normalized spacial score (nSPS) is 16.7. The zero-order valence-corrected chi connectivity index (χ0v) is 19.0. The second kappa shape index (κ2) is 9.29. The molecule has 0 radical (unpaired) electrons. The minimum atomic E-state index is -0.754. The molecule has 1 unspecified atom stereocenters. The number of nitrogens with one attached hydrogen (secondary N) is 1. The number of thioether (sulfide) groups is 1. The first-order chi connectivity index (χ1) is 16.1. The summed E-state index contributed by atoms with van der Waals surface area (Å²) in [7, 11) is 0. The number of fused-ring (bicyclic) bond motifs is 3. The third-order valence-corrected chi connectivity index (χ3v) is 7.21. The van der Waals surface area contributed by atoms with Gasteiger partial charge < -0.3 is 5.32 Å². The van der Waals surface area contributed by atoms with Gasteiger partial charge in [-0.2, -0.15) is 4.99 Å². The summed E-state index contributed by atoms with van der Waals surface area (Å²) < 4.78 is 13.3. The number of hydrogen-bond acceptors (Lipinski definition) is 6. The number of hydrogen-bond donors (Lipinski definition) is 1. The third kappa shape index (κ3) is 4.60. The lowest BCUT2D eigenvalue weighted by Gasteiger charge is -2.30. The number of para-hydroxylation sites is 1. The van der Waals surface area contributed by atoms with E-state index in [1.54, 1.807) is 28.4 Å². The zero-order chi connectivity index (χ0) is 22.8. The highest BCUT2D eigenvalue weighted by Gasteiger charge is 2.42. The molecule has 0 spiro atoms. The quantitative estimate of drug-likeness (QED) is 0.567. The van der Waals surface area contributed by atoms with E-state index in [0.717, 1.165) is 21.7 Å². The molecule has 9 heteroatoms. The van der Waals surface area contributed by atoms with Gasteiger partial charge in [-0.05, 0) is 41.3 Å². The molecule has 2 aliphatic rings. The van der Waals surface area contributed by atoms with Crippen LogP contribution in [0, 0.1) is 5.82 Å². The van der Waals surface area contributed by atoms with Crippen molar-refractivity contribution in [3.8, 4) is 0 Å². The molecule has 0 saturated heterocycles. The lowest BCUT2D eigenvalue weighted by molar-refractivity contribution is -0.126. The first kappa shape index (κ1) is 21.5. The molecule has 2 aromatic carbocycles. The van der Waals surface area contributed by atoms with Crippen LogP contribution in [0.2, 0.25) is 0 Å². The molecule has 0 fully saturated rings. The Labute approximate surface area is 198 Å². The lowest BCUT2D eigenvalue weighted by Crippen LogP contribution is -2.45. The summed E-state index contributed by atoms with van der Waals surface area (Å²) in [6.45, 7) is 0.425. The van der Waals surface area contributed by atoms with Gasteiger partial charge in [-0.1, -0.05) is 42.1 Å². The highest BCUT2D eigenvalue weighted by atomic mass is 32.2. The Morgan fingerprint density at radius 3 is 2.70 bits per heavy atom. The van der Waals surface area contributed by atoms with E-state index in [1.807, 2.05) is 41.8 Å². The van der Waals surface area contributed by atoms with Crippen LogP contribution in [0.1, 0.15) is 22.4 Å². The van der Waals surface area contributed by atoms with Gasteiger partial charge in [-0.15, -0.1) is 11.3 Å². The molecule has 6 nitrogen and oxygen atoms in total. The molecule has 0 aliphatic carbocycles. The molecule has 0 saturated carbocycles. The number of benzene rings is 2. The van der Waals surface area contributed by atoms with Crippen molar-refractivity contribution in [2.75, 3.05) is 0 Å². The summed E-state index contributed by atoms with van der Waals surface area (Å²) >= 11 is 2.99. The number of aliphatic imine (C=N–C) groups is 2. The second-order valence-electron chi connectivity index (χ2n) is 7.55. The molecule has 2 aliphatic heterocycles. The first-order valence-electron chi connectivity index (χ1n) is 10.3. The van der Waals surface area contributed by atoms with E-state index < -0.39 is 6.04 Å². The molecule has 1 atom stereocenters. The van der Waals surface area contributed by atoms with Gasteiger partial charge in [0.05, 0.1) is 18.7 Å². The van der Waals surface area contributed by atoms with E-state index in [0.29, 0.717) is 23.3 Å². The average molecular weight is 479 g/mol. The Morgan fingerprint density at radius 1 is 1.09 bits per heavy atom. The monoisotopic (exact) mass is 478 g/mol. The van der Waals surface area contributed by atoms with Crippen LogP contribution in [0.3, 0.4) is 0 Å². The van der Waals surface area contributed by atoms with E-state index in [9.17, 15) is 14.0 Å². The van der Waals surface area contributed by atoms with Gasteiger partial charge in [0, 0.05) is 16.2 Å². The Balaban J connectivity index is 1.37. The summed E-state index contributed by atoms with van der Waals surface area (Å²) in [6.07, 6.45) is -0.0183. The van der Waals surface area contributed by atoms with Crippen molar-refractivity contribution in [1.82, 2.24) is 10.2 Å². The van der Waals surface area contributed by atoms with E-state index in [4.69, 9.17) is 4.99 Å². The fourth-order valence-electron chi connectivity index (χ4n) is 3.68. The van der Waals surface area contributed by atoms with E-state index in [-0.39, 0.29) is 24.1 Å². The van der Waals surface area contributed by atoms with Gasteiger partial charge in [-0.3, -0.25) is 14.5 Å². The number of rotatable bonds is 6. The Kier molecular flexibility index (Phi) is 6.06. The number of amides is 2. The Morgan fingerprint density at radius 2 is 1.91 bits per heavy atom. The third-order valence-electron chi connectivity index (χ3n) is 5.31. The average Bonchev–Trinajstić information content (AvgIpc) is 3.45. The van der Waals surface area contributed by atoms with Crippen molar-refractivity contribution in [2.45, 2.75) is 24.8 Å². The van der Waals surface area contributed by atoms with E-state index >= 15 is 0 Å². The van der Waals surface area contributed by atoms with E-state index in [2.05, 4.69) is 10.3 Å². The Bertz CT molecular complexity index is 1260. The second-order valence-corrected chi connectivity index (χ2v) is 9.52. The largest absolute Gasteiger partial charge is 0.351 e. The fourth-order valence-corrected chi connectivity index (χ4v) is 5.33. The van der Waals surface area contributed by atoms with Crippen LogP contribution in [0.5, 0.6) is 0 Å². The summed E-state index contributed by atoms with van der Waals surface area (Å²) in [6, 6.07) is 16.9. The van der Waals surface area contributed by atoms with Gasteiger partial charge >= 0.3 is 0 Å². The van der Waals surface area contributed by atoms with Crippen LogP contribution in [-0.4, -0.2) is 33.8 Å². The maximum atomic E-state index is 13.3. The van der Waals surface area contributed by atoms with Crippen LogP contribution < -0.4 is 5.32 Å².